The minimum atomic E-state index is -3.13. The van der Waals surface area contributed by atoms with Gasteiger partial charge in [0.1, 0.15) is 0 Å². The highest BCUT2D eigenvalue weighted by Crippen LogP contribution is 2.60. The van der Waals surface area contributed by atoms with Gasteiger partial charge in [-0.25, -0.2) is 0 Å². The number of non-ortho nitro benzene ring substituents is 1. The molecule has 1 spiro atoms. The number of aliphatic hydroxyl groups excluding tert-OH is 1. The van der Waals surface area contributed by atoms with Crippen molar-refractivity contribution in [3.8, 4) is 0 Å². The smallest absolute Gasteiger partial charge is 0.269 e. The van der Waals surface area contributed by atoms with Gasteiger partial charge in [0.15, 0.2) is 13.9 Å². The van der Waals surface area contributed by atoms with E-state index in [1.165, 1.54) is 12.1 Å². The number of nitrogens with zero attached hydrogens (tertiary/aromatic N) is 4. The summed E-state index contributed by atoms with van der Waals surface area (Å²) < 4.78 is 6.81. The highest BCUT2D eigenvalue weighted by molar-refractivity contribution is 6.71. The van der Waals surface area contributed by atoms with E-state index >= 15 is 0 Å². The van der Waals surface area contributed by atoms with E-state index < -0.39 is 48.4 Å². The number of carbonyl (C=O) groups is 3. The van der Waals surface area contributed by atoms with Crippen LogP contribution < -0.4 is 9.80 Å². The van der Waals surface area contributed by atoms with Crippen LogP contribution in [0.5, 0.6) is 0 Å². The van der Waals surface area contributed by atoms with Crippen LogP contribution in [0.1, 0.15) is 48.4 Å². The quantitative estimate of drug-likeness (QED) is 0.200. The monoisotopic (exact) mass is 698 g/mol. The van der Waals surface area contributed by atoms with Gasteiger partial charge in [-0.1, -0.05) is 43.3 Å². The van der Waals surface area contributed by atoms with E-state index in [2.05, 4.69) is 0 Å². The second kappa shape index (κ2) is 12.7. The number of ether oxygens (including phenoxy) is 1. The van der Waals surface area contributed by atoms with E-state index in [0.717, 1.165) is 28.8 Å². The second-order valence-electron chi connectivity index (χ2n) is 14.6. The number of hydrogen-bond acceptors (Lipinski definition) is 8. The van der Waals surface area contributed by atoms with Crippen LogP contribution in [-0.4, -0.2) is 71.1 Å². The number of hydrogen-bond donors (Lipinski definition) is 2. The molecule has 3 amide bonds. The van der Waals surface area contributed by atoms with Gasteiger partial charge in [-0.15, -0.1) is 0 Å². The van der Waals surface area contributed by atoms with Crippen LogP contribution in [0.4, 0.5) is 17.1 Å². The predicted octanol–water partition coefficient (Wildman–Crippen LogP) is 4.40. The fourth-order valence-corrected chi connectivity index (χ4v) is 11.3. The van der Waals surface area contributed by atoms with Crippen molar-refractivity contribution in [2.75, 3.05) is 23.0 Å². The number of nitro groups is 1. The lowest BCUT2D eigenvalue weighted by Gasteiger charge is -2.37. The van der Waals surface area contributed by atoms with Crippen LogP contribution in [0.3, 0.4) is 0 Å². The van der Waals surface area contributed by atoms with Crippen molar-refractivity contribution in [3.63, 3.8) is 0 Å². The van der Waals surface area contributed by atoms with E-state index in [1.54, 1.807) is 33.9 Å². The molecule has 0 radical (unpaired) electrons. The third-order valence-corrected chi connectivity index (χ3v) is 13.6. The van der Waals surface area contributed by atoms with Crippen LogP contribution in [0.15, 0.2) is 66.7 Å². The van der Waals surface area contributed by atoms with Crippen LogP contribution in [0, 0.1) is 16.0 Å². The molecule has 0 bridgehead atoms. The lowest BCUT2D eigenvalue weighted by Crippen LogP contribution is -2.48. The molecule has 7 rings (SSSR count). The van der Waals surface area contributed by atoms with Crippen molar-refractivity contribution in [1.29, 1.82) is 0 Å². The molecule has 4 heterocycles. The molecular formula is C37H42N4O8Si. The molecule has 2 fully saturated rings. The summed E-state index contributed by atoms with van der Waals surface area (Å²) in [6, 6.07) is 19.2. The first kappa shape index (κ1) is 34.0. The Balaban J connectivity index is 1.23. The minimum absolute atomic E-state index is 0.0761. The highest BCUT2D eigenvalue weighted by Gasteiger charge is 2.66. The summed E-state index contributed by atoms with van der Waals surface area (Å²) in [5, 5.41) is 22.2. The highest BCUT2D eigenvalue weighted by atomic mass is 28.4. The lowest BCUT2D eigenvalue weighted by atomic mass is 9.82. The van der Waals surface area contributed by atoms with Gasteiger partial charge in [0.05, 0.1) is 42.3 Å². The number of benzene rings is 3. The van der Waals surface area contributed by atoms with Crippen molar-refractivity contribution in [2.24, 2.45) is 5.92 Å². The molecule has 4 aliphatic rings. The molecule has 5 atom stereocenters. The van der Waals surface area contributed by atoms with Crippen LogP contribution in [-0.2, 0) is 44.2 Å². The zero-order valence-electron chi connectivity index (χ0n) is 28.4. The third kappa shape index (κ3) is 5.62. The number of rotatable bonds is 8. The predicted molar refractivity (Wildman–Crippen MR) is 188 cm³/mol. The number of aliphatic hydroxyl groups is 1. The third-order valence-electron chi connectivity index (χ3n) is 11.1. The summed E-state index contributed by atoms with van der Waals surface area (Å²) in [6.45, 7) is 6.28. The normalized spacial score (nSPS) is 26.1. The summed E-state index contributed by atoms with van der Waals surface area (Å²) >= 11 is 0. The molecule has 12 nitrogen and oxygen atoms in total. The van der Waals surface area contributed by atoms with Gasteiger partial charge in [-0.05, 0) is 60.8 Å². The zero-order chi connectivity index (χ0) is 35.5. The van der Waals surface area contributed by atoms with E-state index in [0.29, 0.717) is 37.2 Å². The van der Waals surface area contributed by atoms with E-state index in [4.69, 9.17) is 4.74 Å². The molecular weight excluding hydrogens is 657 g/mol. The molecule has 2 saturated heterocycles. The van der Waals surface area contributed by atoms with Gasteiger partial charge in [0, 0.05) is 54.4 Å². The average Bonchev–Trinajstić information content (AvgIpc) is 3.72. The van der Waals surface area contributed by atoms with Crippen molar-refractivity contribution in [1.82, 2.24) is 4.90 Å². The Hall–Kier alpha value is -4.43. The Morgan fingerprint density at radius 1 is 1.08 bits per heavy atom. The van der Waals surface area contributed by atoms with Gasteiger partial charge < -0.3 is 29.3 Å². The molecule has 0 aliphatic carbocycles. The summed E-state index contributed by atoms with van der Waals surface area (Å²) in [4.78, 5) is 69.4. The fraction of sp³-hybridized carbons (Fsp3) is 0.432. The zero-order valence-corrected chi connectivity index (χ0v) is 29.4. The molecule has 0 saturated carbocycles. The van der Waals surface area contributed by atoms with Crippen LogP contribution >= 0.6 is 0 Å². The lowest BCUT2D eigenvalue weighted by molar-refractivity contribution is -0.385. The summed E-state index contributed by atoms with van der Waals surface area (Å²) in [7, 11) is -3.13. The first-order chi connectivity index (χ1) is 23.8. The summed E-state index contributed by atoms with van der Waals surface area (Å²) in [5.41, 5.74) is 2.06. The molecule has 0 aromatic heterocycles. The molecule has 3 aromatic rings. The Bertz CT molecular complexity index is 1860. The number of nitro benzene ring substituents is 1. The van der Waals surface area contributed by atoms with E-state index in [-0.39, 0.29) is 37.1 Å². The maximum atomic E-state index is 14.8. The molecule has 2 N–H and O–H groups in total. The summed E-state index contributed by atoms with van der Waals surface area (Å²) in [6.07, 6.45) is 0.853. The van der Waals surface area contributed by atoms with Gasteiger partial charge in [0.25, 0.3) is 11.6 Å². The van der Waals surface area contributed by atoms with Crippen molar-refractivity contribution in [2.45, 2.75) is 82.1 Å². The maximum Gasteiger partial charge on any atom is 0.269 e. The average molecular weight is 699 g/mol. The van der Waals surface area contributed by atoms with Crippen LogP contribution in [0.25, 0.3) is 0 Å². The van der Waals surface area contributed by atoms with E-state index in [9.17, 15) is 34.4 Å². The van der Waals surface area contributed by atoms with Gasteiger partial charge in [-0.2, -0.15) is 0 Å². The maximum absolute atomic E-state index is 14.8. The molecule has 4 aliphatic heterocycles. The van der Waals surface area contributed by atoms with E-state index in [1.807, 2.05) is 55.5 Å². The molecule has 13 heteroatoms. The number of carbonyl (C=O) groups excluding carboxylic acids is 3. The molecule has 262 valence electrons. The topological polar surface area (TPSA) is 154 Å². The fourth-order valence-electron chi connectivity index (χ4n) is 8.75. The molecule has 0 unspecified atom stereocenters. The SMILES string of the molecule is C[C@@H]1[C@@H]([Si](C)(C)O)[C@H](CC(=O)N2Cc3ccccc3C[C@H]2CO)O[C@@]12C(=O)N(Cc1ccc(N3CCCC3=O)cc1)c1ccc([N+](=O)[O-])cc12. The minimum Gasteiger partial charge on any atom is -0.432 e. The molecule has 3 aromatic carbocycles. The Kier molecular flexibility index (Phi) is 8.65. The van der Waals surface area contributed by atoms with Crippen molar-refractivity contribution in [3.05, 3.63) is 99.1 Å². The first-order valence-corrected chi connectivity index (χ1v) is 20.2. The first-order valence-electron chi connectivity index (χ1n) is 17.2. The largest absolute Gasteiger partial charge is 0.432 e. The second-order valence-corrected chi connectivity index (χ2v) is 18.5. The molecule has 50 heavy (non-hydrogen) atoms. The summed E-state index contributed by atoms with van der Waals surface area (Å²) in [5.74, 6) is -1.21. The van der Waals surface area contributed by atoms with Crippen molar-refractivity contribution < 1.29 is 33.9 Å². The van der Waals surface area contributed by atoms with Gasteiger partial charge >= 0.3 is 0 Å². The van der Waals surface area contributed by atoms with Gasteiger partial charge in [-0.3, -0.25) is 24.5 Å². The van der Waals surface area contributed by atoms with Crippen molar-refractivity contribution >= 4 is 43.1 Å². The van der Waals surface area contributed by atoms with Gasteiger partial charge in [0.2, 0.25) is 11.8 Å². The number of amides is 3. The van der Waals surface area contributed by atoms with Crippen LogP contribution in [0.2, 0.25) is 18.6 Å². The Labute approximate surface area is 291 Å². The standard InChI is InChI=1S/C37H42N4O8Si/c1-23-35(50(2,3)48)32(19-34(44)39-21-26-8-5-4-7-25(26)17-29(39)22-42)49-37(23)30-18-28(41(46)47)14-15-31(30)40(36(37)45)20-24-10-12-27(13-11-24)38-16-6-9-33(38)43/h4-5,7-8,10-15,18,23,29,32,35,42,48H,6,9,16-17,19-22H2,1-3H3/t23-,29+,32+,35-,37+/m1/s1. The number of anilines is 2. The Morgan fingerprint density at radius 2 is 1.80 bits per heavy atom. The Morgan fingerprint density at radius 3 is 2.44 bits per heavy atom. The number of fused-ring (bicyclic) bond motifs is 3.